The number of aromatic nitrogens is 2. The lowest BCUT2D eigenvalue weighted by Gasteiger charge is -2.20. The van der Waals surface area contributed by atoms with Gasteiger partial charge in [0, 0.05) is 25.0 Å². The molecule has 1 heterocycles. The molecule has 0 saturated carbocycles. The maximum Gasteiger partial charge on any atom is 0.137 e. The molecule has 0 amide bonds. The maximum atomic E-state index is 13.8. The molecule has 1 N–H and O–H groups in total. The van der Waals surface area contributed by atoms with E-state index in [1.54, 1.807) is 6.07 Å². The largest absolute Gasteiger partial charge is 0.310 e. The first-order chi connectivity index (χ1) is 10.1. The van der Waals surface area contributed by atoms with Crippen LogP contribution in [0.15, 0.2) is 34.9 Å². The molecule has 2 rings (SSSR count). The van der Waals surface area contributed by atoms with Crippen molar-refractivity contribution in [3.8, 4) is 0 Å². The summed E-state index contributed by atoms with van der Waals surface area (Å²) < 4.78 is 16.2. The zero-order valence-corrected chi connectivity index (χ0v) is 14.0. The molecule has 114 valence electrons. The molecule has 5 heteroatoms. The Balaban J connectivity index is 2.14. The summed E-state index contributed by atoms with van der Waals surface area (Å²) in [6.45, 7) is 3.05. The monoisotopic (exact) mass is 353 g/mol. The predicted octanol–water partition coefficient (Wildman–Crippen LogP) is 4.00. The minimum atomic E-state index is -0.212. The third-order valence-corrected chi connectivity index (χ3v) is 4.45. The van der Waals surface area contributed by atoms with E-state index in [4.69, 9.17) is 0 Å². The summed E-state index contributed by atoms with van der Waals surface area (Å²) in [6.07, 6.45) is 4.67. The predicted molar refractivity (Wildman–Crippen MR) is 86.7 cm³/mol. The number of halogens is 2. The Morgan fingerprint density at radius 3 is 2.86 bits per heavy atom. The van der Waals surface area contributed by atoms with Crippen molar-refractivity contribution in [3.05, 3.63) is 52.0 Å². The molecule has 0 saturated heterocycles. The molecule has 0 aliphatic heterocycles. The molecule has 21 heavy (non-hydrogen) atoms. The fourth-order valence-electron chi connectivity index (χ4n) is 2.41. The van der Waals surface area contributed by atoms with Crippen LogP contribution in [0.25, 0.3) is 0 Å². The highest BCUT2D eigenvalue weighted by Gasteiger charge is 2.16. The average molecular weight is 354 g/mol. The number of hydrogen-bond acceptors (Lipinski definition) is 2. The fraction of sp³-hybridized carbons (Fsp3) is 0.438. The number of nitrogens with zero attached hydrogens (tertiary/aromatic N) is 2. The van der Waals surface area contributed by atoms with Gasteiger partial charge in [-0.1, -0.05) is 19.1 Å². The van der Waals surface area contributed by atoms with Gasteiger partial charge in [-0.3, -0.25) is 4.68 Å². The second-order valence-electron chi connectivity index (χ2n) is 5.13. The van der Waals surface area contributed by atoms with Crippen molar-refractivity contribution >= 4 is 15.9 Å². The van der Waals surface area contributed by atoms with Gasteiger partial charge in [-0.05, 0) is 59.4 Å². The van der Waals surface area contributed by atoms with Crippen molar-refractivity contribution in [1.29, 1.82) is 0 Å². The van der Waals surface area contributed by atoms with E-state index in [-0.39, 0.29) is 11.9 Å². The van der Waals surface area contributed by atoms with Crippen LogP contribution in [0.4, 0.5) is 4.39 Å². The Kier molecular flexibility index (Phi) is 5.94. The van der Waals surface area contributed by atoms with Crippen molar-refractivity contribution in [3.63, 3.8) is 0 Å². The number of rotatable bonds is 7. The molecule has 2 aromatic rings. The molecule has 0 fully saturated rings. The van der Waals surface area contributed by atoms with Gasteiger partial charge < -0.3 is 5.32 Å². The Bertz CT molecular complexity index is 583. The van der Waals surface area contributed by atoms with Crippen LogP contribution in [0.1, 0.15) is 37.1 Å². The quantitative estimate of drug-likeness (QED) is 0.815. The molecule has 1 aromatic carbocycles. The van der Waals surface area contributed by atoms with Gasteiger partial charge in [0.15, 0.2) is 0 Å². The van der Waals surface area contributed by atoms with Crippen LogP contribution in [0, 0.1) is 5.82 Å². The van der Waals surface area contributed by atoms with Crippen molar-refractivity contribution in [2.24, 2.45) is 7.05 Å². The average Bonchev–Trinajstić information content (AvgIpc) is 2.88. The third-order valence-electron chi connectivity index (χ3n) is 3.61. The highest BCUT2D eigenvalue weighted by Crippen LogP contribution is 2.29. The Labute approximate surface area is 133 Å². The van der Waals surface area contributed by atoms with Crippen LogP contribution in [-0.4, -0.2) is 16.3 Å². The Hall–Kier alpha value is -1.20. The second kappa shape index (κ2) is 7.71. The number of aryl methyl sites for hydroxylation is 2. The van der Waals surface area contributed by atoms with E-state index in [0.29, 0.717) is 4.47 Å². The van der Waals surface area contributed by atoms with E-state index in [1.807, 2.05) is 30.1 Å². The van der Waals surface area contributed by atoms with E-state index in [9.17, 15) is 4.39 Å². The molecule has 0 aliphatic carbocycles. The number of nitrogens with one attached hydrogen (secondary N) is 1. The van der Waals surface area contributed by atoms with Gasteiger partial charge in [-0.15, -0.1) is 0 Å². The van der Waals surface area contributed by atoms with E-state index in [0.717, 1.165) is 31.4 Å². The fourth-order valence-corrected chi connectivity index (χ4v) is 2.96. The van der Waals surface area contributed by atoms with Gasteiger partial charge in [0.1, 0.15) is 5.82 Å². The molecule has 0 aliphatic rings. The summed E-state index contributed by atoms with van der Waals surface area (Å²) in [5, 5.41) is 7.70. The topological polar surface area (TPSA) is 29.9 Å². The van der Waals surface area contributed by atoms with E-state index >= 15 is 0 Å². The van der Waals surface area contributed by atoms with Gasteiger partial charge in [-0.2, -0.15) is 5.10 Å². The van der Waals surface area contributed by atoms with Gasteiger partial charge >= 0.3 is 0 Å². The highest BCUT2D eigenvalue weighted by atomic mass is 79.9. The summed E-state index contributed by atoms with van der Waals surface area (Å²) >= 11 is 3.37. The zero-order valence-electron chi connectivity index (χ0n) is 12.4. The minimum Gasteiger partial charge on any atom is -0.310 e. The summed E-state index contributed by atoms with van der Waals surface area (Å²) in [5.41, 5.74) is 2.16. The van der Waals surface area contributed by atoms with Crippen LogP contribution in [0.5, 0.6) is 0 Å². The normalized spacial score (nSPS) is 12.6. The maximum absolute atomic E-state index is 13.8. The Morgan fingerprint density at radius 2 is 2.19 bits per heavy atom. The van der Waals surface area contributed by atoms with Crippen molar-refractivity contribution in [1.82, 2.24) is 15.1 Å². The highest BCUT2D eigenvalue weighted by molar-refractivity contribution is 9.10. The zero-order chi connectivity index (χ0) is 15.2. The lowest BCUT2D eigenvalue weighted by atomic mass is 10.0. The van der Waals surface area contributed by atoms with Gasteiger partial charge in [0.2, 0.25) is 0 Å². The minimum absolute atomic E-state index is 0.130. The van der Waals surface area contributed by atoms with E-state index in [2.05, 4.69) is 33.3 Å². The second-order valence-corrected chi connectivity index (χ2v) is 5.93. The summed E-state index contributed by atoms with van der Waals surface area (Å²) in [5.74, 6) is -0.212. The molecule has 1 aromatic heterocycles. The molecular formula is C16H21BrFN3. The summed E-state index contributed by atoms with van der Waals surface area (Å²) in [7, 11) is 1.95. The van der Waals surface area contributed by atoms with Gasteiger partial charge in [0.05, 0.1) is 4.47 Å². The van der Waals surface area contributed by atoms with Crippen LogP contribution in [-0.2, 0) is 13.5 Å². The van der Waals surface area contributed by atoms with Crippen molar-refractivity contribution in [2.45, 2.75) is 32.2 Å². The van der Waals surface area contributed by atoms with Crippen LogP contribution in [0.2, 0.25) is 0 Å². The van der Waals surface area contributed by atoms with E-state index < -0.39 is 0 Å². The lowest BCUT2D eigenvalue weighted by Crippen LogP contribution is -2.23. The first-order valence-corrected chi connectivity index (χ1v) is 8.07. The first kappa shape index (κ1) is 16.2. The lowest BCUT2D eigenvalue weighted by molar-refractivity contribution is 0.486. The molecule has 3 nitrogen and oxygen atoms in total. The van der Waals surface area contributed by atoms with Crippen LogP contribution in [0.3, 0.4) is 0 Å². The number of hydrogen-bond donors (Lipinski definition) is 1. The summed E-state index contributed by atoms with van der Waals surface area (Å²) in [4.78, 5) is 0. The van der Waals surface area contributed by atoms with Gasteiger partial charge in [0.25, 0.3) is 0 Å². The molecule has 1 atom stereocenters. The SMILES string of the molecule is CCCNC(CCc1ccnn1C)c1cccc(F)c1Br. The standard InChI is InChI=1S/C16H21BrFN3/c1-3-10-19-15(8-7-12-9-11-20-21(12)2)13-5-4-6-14(18)16(13)17/h4-6,9,11,15,19H,3,7-8,10H2,1-2H3. The molecule has 0 radical (unpaired) electrons. The van der Waals surface area contributed by atoms with Crippen molar-refractivity contribution < 1.29 is 4.39 Å². The van der Waals surface area contributed by atoms with Crippen LogP contribution >= 0.6 is 15.9 Å². The molecule has 1 unspecified atom stereocenters. The van der Waals surface area contributed by atoms with E-state index in [1.165, 1.54) is 11.8 Å². The molecular weight excluding hydrogens is 333 g/mol. The third kappa shape index (κ3) is 4.14. The smallest absolute Gasteiger partial charge is 0.137 e. The molecule has 0 bridgehead atoms. The van der Waals surface area contributed by atoms with Crippen molar-refractivity contribution in [2.75, 3.05) is 6.54 Å². The number of benzene rings is 1. The first-order valence-electron chi connectivity index (χ1n) is 7.27. The van der Waals surface area contributed by atoms with Gasteiger partial charge in [-0.25, -0.2) is 4.39 Å². The summed E-state index contributed by atoms with van der Waals surface area (Å²) in [6, 6.07) is 7.37. The molecule has 0 spiro atoms. The Morgan fingerprint density at radius 1 is 1.38 bits per heavy atom. The van der Waals surface area contributed by atoms with Crippen LogP contribution < -0.4 is 5.32 Å².